The molecule has 1 atom stereocenters. The summed E-state index contributed by atoms with van der Waals surface area (Å²) in [6.45, 7) is 5.25. The van der Waals surface area contributed by atoms with Crippen molar-refractivity contribution in [3.05, 3.63) is 51.7 Å². The minimum absolute atomic E-state index is 0.247. The largest absolute Gasteiger partial charge is 0.497 e. The van der Waals surface area contributed by atoms with Crippen molar-refractivity contribution in [1.29, 1.82) is 0 Å². The van der Waals surface area contributed by atoms with Gasteiger partial charge < -0.3 is 10.1 Å². The third-order valence-corrected chi connectivity index (χ3v) is 3.91. The normalized spacial score (nSPS) is 12.4. The molecule has 0 radical (unpaired) electrons. The van der Waals surface area contributed by atoms with Gasteiger partial charge >= 0.3 is 0 Å². The van der Waals surface area contributed by atoms with E-state index in [2.05, 4.69) is 42.7 Å². The second-order valence-corrected chi connectivity index (χ2v) is 5.32. The van der Waals surface area contributed by atoms with Crippen molar-refractivity contribution in [1.82, 2.24) is 5.32 Å². The Balaban J connectivity index is 2.38. The molecule has 0 aliphatic rings. The third-order valence-electron chi connectivity index (χ3n) is 3.05. The molecule has 18 heavy (non-hydrogen) atoms. The summed E-state index contributed by atoms with van der Waals surface area (Å²) < 4.78 is 5.31. The van der Waals surface area contributed by atoms with Gasteiger partial charge in [-0.05, 0) is 48.2 Å². The first-order valence-electron chi connectivity index (χ1n) is 6.17. The average Bonchev–Trinajstić information content (AvgIpc) is 2.82. The van der Waals surface area contributed by atoms with Crippen LogP contribution in [0.25, 0.3) is 0 Å². The van der Waals surface area contributed by atoms with Crippen LogP contribution in [0.5, 0.6) is 5.75 Å². The fourth-order valence-electron chi connectivity index (χ4n) is 2.13. The molecule has 1 heterocycles. The Labute approximate surface area is 113 Å². The SMILES string of the molecule is CCNC(c1cccc(OC)c1)c1ccsc1C. The molecule has 0 saturated heterocycles. The molecular formula is C15H19NOS. The van der Waals surface area contributed by atoms with Crippen LogP contribution in [0, 0.1) is 6.92 Å². The van der Waals surface area contributed by atoms with E-state index in [1.54, 1.807) is 18.4 Å². The highest BCUT2D eigenvalue weighted by atomic mass is 32.1. The first kappa shape index (κ1) is 13.1. The molecule has 2 nitrogen and oxygen atoms in total. The lowest BCUT2D eigenvalue weighted by atomic mass is 9.99. The van der Waals surface area contributed by atoms with Gasteiger partial charge in [-0.3, -0.25) is 0 Å². The summed E-state index contributed by atoms with van der Waals surface area (Å²) in [5.74, 6) is 0.906. The van der Waals surface area contributed by atoms with E-state index < -0.39 is 0 Å². The fraction of sp³-hybridized carbons (Fsp3) is 0.333. The summed E-state index contributed by atoms with van der Waals surface area (Å²) in [4.78, 5) is 1.36. The van der Waals surface area contributed by atoms with E-state index >= 15 is 0 Å². The van der Waals surface area contributed by atoms with E-state index in [1.165, 1.54) is 16.0 Å². The topological polar surface area (TPSA) is 21.3 Å². The number of hydrogen-bond donors (Lipinski definition) is 1. The summed E-state index contributed by atoms with van der Waals surface area (Å²) in [7, 11) is 1.71. The zero-order valence-corrected chi connectivity index (χ0v) is 11.9. The van der Waals surface area contributed by atoms with Crippen molar-refractivity contribution in [3.8, 4) is 5.75 Å². The molecule has 2 rings (SSSR count). The lowest BCUT2D eigenvalue weighted by Gasteiger charge is -2.19. The Kier molecular flexibility index (Phi) is 4.39. The van der Waals surface area contributed by atoms with Crippen molar-refractivity contribution in [2.75, 3.05) is 13.7 Å². The van der Waals surface area contributed by atoms with Gasteiger partial charge in [0.15, 0.2) is 0 Å². The van der Waals surface area contributed by atoms with E-state index in [-0.39, 0.29) is 6.04 Å². The van der Waals surface area contributed by atoms with Crippen LogP contribution in [0.3, 0.4) is 0 Å². The standard InChI is InChI=1S/C15H19NOS/c1-4-16-15(14-8-9-18-11(14)2)12-6-5-7-13(10-12)17-3/h5-10,15-16H,4H2,1-3H3. The minimum Gasteiger partial charge on any atom is -0.497 e. The van der Waals surface area contributed by atoms with E-state index in [1.807, 2.05) is 12.1 Å². The Bertz CT molecular complexity index is 507. The van der Waals surface area contributed by atoms with Gasteiger partial charge in [0.1, 0.15) is 5.75 Å². The van der Waals surface area contributed by atoms with Gasteiger partial charge in [-0.1, -0.05) is 19.1 Å². The van der Waals surface area contributed by atoms with Crippen LogP contribution in [0.15, 0.2) is 35.7 Å². The number of thiophene rings is 1. The van der Waals surface area contributed by atoms with Crippen LogP contribution >= 0.6 is 11.3 Å². The molecular weight excluding hydrogens is 242 g/mol. The van der Waals surface area contributed by atoms with Crippen molar-refractivity contribution in [3.63, 3.8) is 0 Å². The van der Waals surface area contributed by atoms with Crippen molar-refractivity contribution in [2.45, 2.75) is 19.9 Å². The summed E-state index contributed by atoms with van der Waals surface area (Å²) in [6, 6.07) is 10.7. The van der Waals surface area contributed by atoms with Crippen molar-refractivity contribution < 1.29 is 4.74 Å². The third kappa shape index (κ3) is 2.74. The molecule has 0 fully saturated rings. The van der Waals surface area contributed by atoms with E-state index in [0.717, 1.165) is 12.3 Å². The number of aryl methyl sites for hydroxylation is 1. The number of nitrogens with one attached hydrogen (secondary N) is 1. The van der Waals surface area contributed by atoms with E-state index in [9.17, 15) is 0 Å². The van der Waals surface area contributed by atoms with Gasteiger partial charge in [0.25, 0.3) is 0 Å². The Hall–Kier alpha value is -1.32. The summed E-state index contributed by atoms with van der Waals surface area (Å²) in [5, 5.41) is 5.69. The molecule has 0 bridgehead atoms. The molecule has 96 valence electrons. The maximum atomic E-state index is 5.31. The van der Waals surface area contributed by atoms with E-state index in [4.69, 9.17) is 4.74 Å². The maximum absolute atomic E-state index is 5.31. The van der Waals surface area contributed by atoms with Gasteiger partial charge in [0, 0.05) is 4.88 Å². The Morgan fingerprint density at radius 3 is 2.78 bits per heavy atom. The monoisotopic (exact) mass is 261 g/mol. The maximum Gasteiger partial charge on any atom is 0.119 e. The van der Waals surface area contributed by atoms with Gasteiger partial charge in [-0.15, -0.1) is 11.3 Å². The molecule has 0 aliphatic heterocycles. The quantitative estimate of drug-likeness (QED) is 0.884. The van der Waals surface area contributed by atoms with Crippen molar-refractivity contribution >= 4 is 11.3 Å². The molecule has 0 aliphatic carbocycles. The molecule has 1 N–H and O–H groups in total. The predicted octanol–water partition coefficient (Wildman–Crippen LogP) is 3.76. The smallest absolute Gasteiger partial charge is 0.119 e. The van der Waals surface area contributed by atoms with Crippen LogP contribution in [-0.2, 0) is 0 Å². The summed E-state index contributed by atoms with van der Waals surface area (Å²) in [5.41, 5.74) is 2.60. The zero-order valence-electron chi connectivity index (χ0n) is 11.1. The minimum atomic E-state index is 0.247. The highest BCUT2D eigenvalue weighted by molar-refractivity contribution is 7.10. The van der Waals surface area contributed by atoms with Crippen LogP contribution in [-0.4, -0.2) is 13.7 Å². The highest BCUT2D eigenvalue weighted by Crippen LogP contribution is 2.29. The summed E-state index contributed by atoms with van der Waals surface area (Å²) in [6.07, 6.45) is 0. The zero-order chi connectivity index (χ0) is 13.0. The van der Waals surface area contributed by atoms with Gasteiger partial charge in [0.05, 0.1) is 13.2 Å². The van der Waals surface area contributed by atoms with Crippen LogP contribution in [0.2, 0.25) is 0 Å². The van der Waals surface area contributed by atoms with Crippen molar-refractivity contribution in [2.24, 2.45) is 0 Å². The van der Waals surface area contributed by atoms with Crippen LogP contribution < -0.4 is 10.1 Å². The molecule has 0 saturated carbocycles. The van der Waals surface area contributed by atoms with Crippen LogP contribution in [0.1, 0.15) is 29.0 Å². The fourth-order valence-corrected chi connectivity index (χ4v) is 2.87. The lowest BCUT2D eigenvalue weighted by molar-refractivity contribution is 0.413. The lowest BCUT2D eigenvalue weighted by Crippen LogP contribution is -2.22. The molecule has 3 heteroatoms. The molecule has 0 amide bonds. The number of rotatable bonds is 5. The highest BCUT2D eigenvalue weighted by Gasteiger charge is 2.16. The summed E-state index contributed by atoms with van der Waals surface area (Å²) >= 11 is 1.79. The molecule has 1 aromatic carbocycles. The van der Waals surface area contributed by atoms with Gasteiger partial charge in [0.2, 0.25) is 0 Å². The second-order valence-electron chi connectivity index (χ2n) is 4.20. The number of methoxy groups -OCH3 is 1. The van der Waals surface area contributed by atoms with Crippen LogP contribution in [0.4, 0.5) is 0 Å². The molecule has 0 spiro atoms. The molecule has 1 unspecified atom stereocenters. The molecule has 1 aromatic heterocycles. The number of benzene rings is 1. The number of ether oxygens (including phenoxy) is 1. The average molecular weight is 261 g/mol. The first-order chi connectivity index (χ1) is 8.76. The van der Waals surface area contributed by atoms with Gasteiger partial charge in [-0.2, -0.15) is 0 Å². The Morgan fingerprint density at radius 1 is 1.33 bits per heavy atom. The van der Waals surface area contributed by atoms with E-state index in [0.29, 0.717) is 0 Å². The number of hydrogen-bond acceptors (Lipinski definition) is 3. The van der Waals surface area contributed by atoms with Gasteiger partial charge in [-0.25, -0.2) is 0 Å². The molecule has 2 aromatic rings. The Morgan fingerprint density at radius 2 is 2.17 bits per heavy atom. The first-order valence-corrected chi connectivity index (χ1v) is 7.05. The predicted molar refractivity (Wildman–Crippen MR) is 77.6 cm³/mol. The second kappa shape index (κ2) is 6.03.